The normalized spacial score (nSPS) is 10.7. The summed E-state index contributed by atoms with van der Waals surface area (Å²) < 4.78 is 22.4. The summed E-state index contributed by atoms with van der Waals surface area (Å²) in [5.41, 5.74) is 5.65. The molecule has 232 valence electrons. The first kappa shape index (κ1) is 32.3. The number of anilines is 1. The zero-order valence-corrected chi connectivity index (χ0v) is 25.6. The number of nitrogens with zero attached hydrogens (tertiary/aromatic N) is 1. The molecule has 0 atom stereocenters. The fourth-order valence-corrected chi connectivity index (χ4v) is 4.17. The molecule has 0 saturated carbocycles. The molecule has 10 nitrogen and oxygen atoms in total. The van der Waals surface area contributed by atoms with E-state index < -0.39 is 11.9 Å². The van der Waals surface area contributed by atoms with Crippen molar-refractivity contribution < 1.29 is 33.3 Å². The van der Waals surface area contributed by atoms with Crippen molar-refractivity contribution in [3.8, 4) is 23.0 Å². The van der Waals surface area contributed by atoms with E-state index in [4.69, 9.17) is 18.9 Å². The Kier molecular flexibility index (Phi) is 11.3. The smallest absolute Gasteiger partial charge is 0.343 e. The van der Waals surface area contributed by atoms with Crippen LogP contribution in [0.2, 0.25) is 0 Å². The number of amides is 2. The van der Waals surface area contributed by atoms with Gasteiger partial charge in [-0.15, -0.1) is 0 Å². The minimum Gasteiger partial charge on any atom is -0.490 e. The van der Waals surface area contributed by atoms with Crippen LogP contribution in [0.5, 0.6) is 23.0 Å². The van der Waals surface area contributed by atoms with Gasteiger partial charge in [0.2, 0.25) is 0 Å². The van der Waals surface area contributed by atoms with Crippen molar-refractivity contribution in [1.82, 2.24) is 5.43 Å². The molecular weight excluding hydrogens is 574 g/mol. The van der Waals surface area contributed by atoms with Crippen LogP contribution in [0.3, 0.4) is 0 Å². The predicted molar refractivity (Wildman–Crippen MR) is 172 cm³/mol. The third-order valence-corrected chi connectivity index (χ3v) is 6.33. The van der Waals surface area contributed by atoms with E-state index in [2.05, 4.69) is 15.8 Å². The molecule has 10 heteroatoms. The molecule has 0 aliphatic heterocycles. The van der Waals surface area contributed by atoms with Crippen molar-refractivity contribution in [2.45, 2.75) is 27.7 Å². The SMILES string of the molecule is CCOc1ccc(C(=O)Nc2cccc(C(=O)NN=Cc3ccc(OC(=O)c4ccc(C)cc4)c(OCC)c3)c2)cc1OCC. The first-order valence-corrected chi connectivity index (χ1v) is 14.5. The van der Waals surface area contributed by atoms with E-state index in [1.54, 1.807) is 72.8 Å². The molecule has 0 bridgehead atoms. The quantitative estimate of drug-likeness (QED) is 0.0775. The maximum atomic E-state index is 12.9. The summed E-state index contributed by atoms with van der Waals surface area (Å²) in [6.45, 7) is 8.72. The molecule has 0 fully saturated rings. The van der Waals surface area contributed by atoms with Gasteiger partial charge in [0.15, 0.2) is 23.0 Å². The highest BCUT2D eigenvalue weighted by Gasteiger charge is 2.15. The number of rotatable bonds is 13. The fraction of sp³-hybridized carbons (Fsp3) is 0.200. The number of carbonyl (C=O) groups excluding carboxylic acids is 3. The lowest BCUT2D eigenvalue weighted by Gasteiger charge is -2.13. The van der Waals surface area contributed by atoms with E-state index in [0.29, 0.717) is 65.0 Å². The first-order chi connectivity index (χ1) is 21.8. The number of aryl methyl sites for hydroxylation is 1. The van der Waals surface area contributed by atoms with Gasteiger partial charge in [-0.05, 0) is 100.0 Å². The van der Waals surface area contributed by atoms with E-state index in [-0.39, 0.29) is 11.7 Å². The fourth-order valence-electron chi connectivity index (χ4n) is 4.17. The second-order valence-corrected chi connectivity index (χ2v) is 9.66. The second kappa shape index (κ2) is 15.7. The predicted octanol–water partition coefficient (Wildman–Crippen LogP) is 6.43. The van der Waals surface area contributed by atoms with Crippen molar-refractivity contribution in [1.29, 1.82) is 0 Å². The van der Waals surface area contributed by atoms with E-state index in [1.165, 1.54) is 6.21 Å². The Morgan fingerprint density at radius 2 is 1.29 bits per heavy atom. The Bertz CT molecular complexity index is 1680. The molecule has 0 heterocycles. The number of hydrogen-bond donors (Lipinski definition) is 2. The van der Waals surface area contributed by atoms with Crippen molar-refractivity contribution >= 4 is 29.7 Å². The maximum Gasteiger partial charge on any atom is 0.343 e. The molecule has 0 spiro atoms. The monoisotopic (exact) mass is 609 g/mol. The number of benzene rings is 4. The highest BCUT2D eigenvalue weighted by Crippen LogP contribution is 2.30. The molecule has 0 unspecified atom stereocenters. The molecule has 4 rings (SSSR count). The number of carbonyl (C=O) groups is 3. The number of nitrogens with one attached hydrogen (secondary N) is 2. The number of hydrogen-bond acceptors (Lipinski definition) is 8. The van der Waals surface area contributed by atoms with Gasteiger partial charge in [0.1, 0.15) is 0 Å². The van der Waals surface area contributed by atoms with Crippen LogP contribution < -0.4 is 29.7 Å². The van der Waals surface area contributed by atoms with Gasteiger partial charge in [0, 0.05) is 16.8 Å². The van der Waals surface area contributed by atoms with E-state index in [9.17, 15) is 14.4 Å². The lowest BCUT2D eigenvalue weighted by molar-refractivity contribution is 0.0728. The third kappa shape index (κ3) is 8.93. The molecule has 0 aromatic heterocycles. The van der Waals surface area contributed by atoms with Gasteiger partial charge < -0.3 is 24.3 Å². The van der Waals surface area contributed by atoms with Gasteiger partial charge in [0.25, 0.3) is 11.8 Å². The average molecular weight is 610 g/mol. The average Bonchev–Trinajstić information content (AvgIpc) is 3.03. The Morgan fingerprint density at radius 3 is 2.00 bits per heavy atom. The Labute approximate surface area is 262 Å². The van der Waals surface area contributed by atoms with Crippen LogP contribution >= 0.6 is 0 Å². The maximum absolute atomic E-state index is 12.9. The van der Waals surface area contributed by atoms with E-state index >= 15 is 0 Å². The van der Waals surface area contributed by atoms with Crippen molar-refractivity contribution in [2.75, 3.05) is 25.1 Å². The van der Waals surface area contributed by atoms with Crippen LogP contribution in [-0.4, -0.2) is 43.8 Å². The van der Waals surface area contributed by atoms with Crippen LogP contribution in [0.15, 0.2) is 90.0 Å². The van der Waals surface area contributed by atoms with Gasteiger partial charge in [-0.2, -0.15) is 5.10 Å². The largest absolute Gasteiger partial charge is 0.490 e. The minimum absolute atomic E-state index is 0.266. The Morgan fingerprint density at radius 1 is 0.667 bits per heavy atom. The van der Waals surface area contributed by atoms with Gasteiger partial charge in [0.05, 0.1) is 31.6 Å². The molecule has 0 radical (unpaired) electrons. The van der Waals surface area contributed by atoms with Crippen LogP contribution in [0, 0.1) is 6.92 Å². The lowest BCUT2D eigenvalue weighted by Crippen LogP contribution is -2.18. The van der Waals surface area contributed by atoms with Crippen LogP contribution in [0.4, 0.5) is 5.69 Å². The molecular formula is C35H35N3O7. The molecule has 0 saturated heterocycles. The first-order valence-electron chi connectivity index (χ1n) is 14.5. The van der Waals surface area contributed by atoms with Crippen LogP contribution in [-0.2, 0) is 0 Å². The minimum atomic E-state index is -0.502. The zero-order chi connectivity index (χ0) is 32.2. The number of hydrazone groups is 1. The number of esters is 1. The Hall–Kier alpha value is -5.64. The van der Waals surface area contributed by atoms with Gasteiger partial charge >= 0.3 is 5.97 Å². The van der Waals surface area contributed by atoms with Crippen molar-refractivity contribution in [2.24, 2.45) is 5.10 Å². The van der Waals surface area contributed by atoms with Gasteiger partial charge in [-0.3, -0.25) is 9.59 Å². The molecule has 0 aliphatic carbocycles. The third-order valence-electron chi connectivity index (χ3n) is 6.33. The highest BCUT2D eigenvalue weighted by atomic mass is 16.6. The van der Waals surface area contributed by atoms with Crippen molar-refractivity contribution in [3.63, 3.8) is 0 Å². The van der Waals surface area contributed by atoms with Crippen LogP contribution in [0.1, 0.15) is 63.0 Å². The van der Waals surface area contributed by atoms with Crippen molar-refractivity contribution in [3.05, 3.63) is 113 Å². The number of ether oxygens (including phenoxy) is 4. The molecule has 0 aliphatic rings. The lowest BCUT2D eigenvalue weighted by atomic mass is 10.1. The highest BCUT2D eigenvalue weighted by molar-refractivity contribution is 6.05. The summed E-state index contributed by atoms with van der Waals surface area (Å²) in [6.07, 6.45) is 1.44. The summed E-state index contributed by atoms with van der Waals surface area (Å²) >= 11 is 0. The van der Waals surface area contributed by atoms with Crippen LogP contribution in [0.25, 0.3) is 0 Å². The molecule has 45 heavy (non-hydrogen) atoms. The molecule has 4 aromatic carbocycles. The van der Waals surface area contributed by atoms with Gasteiger partial charge in [-0.25, -0.2) is 10.2 Å². The second-order valence-electron chi connectivity index (χ2n) is 9.66. The zero-order valence-electron chi connectivity index (χ0n) is 25.6. The molecule has 2 amide bonds. The van der Waals surface area contributed by atoms with Gasteiger partial charge in [-0.1, -0.05) is 23.8 Å². The molecule has 4 aromatic rings. The summed E-state index contributed by atoms with van der Waals surface area (Å²) in [4.78, 5) is 38.3. The summed E-state index contributed by atoms with van der Waals surface area (Å²) in [5, 5.41) is 6.86. The Balaban J connectivity index is 1.39. The summed E-state index contributed by atoms with van der Waals surface area (Å²) in [6, 6.07) is 23.5. The van der Waals surface area contributed by atoms with E-state index in [0.717, 1.165) is 5.56 Å². The van der Waals surface area contributed by atoms with E-state index in [1.807, 2.05) is 39.8 Å². The topological polar surface area (TPSA) is 125 Å². The summed E-state index contributed by atoms with van der Waals surface area (Å²) in [7, 11) is 0. The molecule has 2 N–H and O–H groups in total. The summed E-state index contributed by atoms with van der Waals surface area (Å²) in [5.74, 6) is 0.312. The standard InChI is InChI=1S/C35H35N3O7/c1-5-42-29-18-16-27(21-32(29)44-7-3)33(39)37-28-10-8-9-26(20-28)34(40)38-36-22-24-13-17-30(31(19-24)43-6-2)45-35(41)25-14-11-23(4)12-15-25/h8-22H,5-7H2,1-4H3,(H,37,39)(H,38,40).